The molecule has 0 radical (unpaired) electrons. The molecule has 0 unspecified atom stereocenters. The summed E-state index contributed by atoms with van der Waals surface area (Å²) >= 11 is 0. The molecule has 4 N–H and O–H groups in total. The topological polar surface area (TPSA) is 105 Å². The molecule has 8 heteroatoms. The number of anilines is 3. The van der Waals surface area contributed by atoms with Crippen LogP contribution in [-0.4, -0.2) is 33.5 Å². The van der Waals surface area contributed by atoms with E-state index in [1.807, 2.05) is 12.1 Å². The Hall–Kier alpha value is -2.58. The zero-order valence-corrected chi connectivity index (χ0v) is 16.0. The molecule has 0 aliphatic carbocycles. The van der Waals surface area contributed by atoms with E-state index in [2.05, 4.69) is 27.7 Å². The van der Waals surface area contributed by atoms with Crippen LogP contribution in [0.4, 0.5) is 17.1 Å². The van der Waals surface area contributed by atoms with E-state index in [-0.39, 0.29) is 10.8 Å². The van der Waals surface area contributed by atoms with E-state index in [9.17, 15) is 13.2 Å². The first-order valence-corrected chi connectivity index (χ1v) is 10.4. The number of sulfonamides is 1. The average molecular weight is 388 g/mol. The van der Waals surface area contributed by atoms with E-state index in [1.165, 1.54) is 42.8 Å². The van der Waals surface area contributed by atoms with E-state index in [4.69, 9.17) is 5.14 Å². The van der Waals surface area contributed by atoms with E-state index in [1.54, 1.807) is 6.92 Å². The van der Waals surface area contributed by atoms with Gasteiger partial charge in [0, 0.05) is 30.2 Å². The minimum Gasteiger partial charge on any atom is -0.374 e. The van der Waals surface area contributed by atoms with Crippen LogP contribution in [0.25, 0.3) is 0 Å². The van der Waals surface area contributed by atoms with Crippen LogP contribution in [0.1, 0.15) is 19.8 Å². The number of primary sulfonamides is 1. The Morgan fingerprint density at radius 2 is 1.56 bits per heavy atom. The second-order valence-electron chi connectivity index (χ2n) is 6.67. The lowest BCUT2D eigenvalue weighted by Crippen LogP contribution is -2.31. The molecule has 2 aromatic carbocycles. The molecule has 0 spiro atoms. The molecule has 0 saturated carbocycles. The Balaban J connectivity index is 1.57. The first kappa shape index (κ1) is 19.2. The molecule has 7 nitrogen and oxygen atoms in total. The van der Waals surface area contributed by atoms with E-state index < -0.39 is 16.1 Å². The highest BCUT2D eigenvalue weighted by atomic mass is 32.2. The molecule has 1 aliphatic heterocycles. The summed E-state index contributed by atoms with van der Waals surface area (Å²) < 4.78 is 22.5. The van der Waals surface area contributed by atoms with Crippen LogP contribution >= 0.6 is 0 Å². The van der Waals surface area contributed by atoms with Crippen molar-refractivity contribution in [3.8, 4) is 0 Å². The van der Waals surface area contributed by atoms with Crippen molar-refractivity contribution < 1.29 is 13.2 Å². The van der Waals surface area contributed by atoms with Crippen molar-refractivity contribution in [1.82, 2.24) is 0 Å². The normalized spacial score (nSPS) is 15.4. The molecule has 0 aromatic heterocycles. The molecule has 1 fully saturated rings. The maximum absolute atomic E-state index is 12.3. The summed E-state index contributed by atoms with van der Waals surface area (Å²) in [7, 11) is -3.74. The molecule has 3 rings (SSSR count). The Morgan fingerprint density at radius 1 is 1.00 bits per heavy atom. The van der Waals surface area contributed by atoms with E-state index in [0.717, 1.165) is 18.8 Å². The van der Waals surface area contributed by atoms with Gasteiger partial charge < -0.3 is 15.5 Å². The standard InChI is InChI=1S/C19H24N4O3S/c1-14(19(24)22-16-6-10-18(11-7-16)27(20,25)26)21-15-4-8-17(9-5-15)23-12-2-3-13-23/h4-11,14,21H,2-3,12-13H2,1H3,(H,22,24)(H2,20,25,26)/t14-/m0/s1. The van der Waals surface area contributed by atoms with Crippen molar-refractivity contribution in [2.24, 2.45) is 5.14 Å². The van der Waals surface area contributed by atoms with Gasteiger partial charge in [0.05, 0.1) is 4.90 Å². The molecular weight excluding hydrogens is 364 g/mol. The van der Waals surface area contributed by atoms with Gasteiger partial charge in [0.25, 0.3) is 0 Å². The summed E-state index contributed by atoms with van der Waals surface area (Å²) in [5, 5.41) is 11.0. The summed E-state index contributed by atoms with van der Waals surface area (Å²) in [6, 6.07) is 13.3. The number of hydrogen-bond acceptors (Lipinski definition) is 5. The maximum Gasteiger partial charge on any atom is 0.246 e. The lowest BCUT2D eigenvalue weighted by Gasteiger charge is -2.19. The number of nitrogens with one attached hydrogen (secondary N) is 2. The molecule has 144 valence electrons. The fourth-order valence-electron chi connectivity index (χ4n) is 3.04. The van der Waals surface area contributed by atoms with Crippen LogP contribution in [0.2, 0.25) is 0 Å². The third-order valence-electron chi connectivity index (χ3n) is 4.57. The number of nitrogens with zero attached hydrogens (tertiary/aromatic N) is 1. The van der Waals surface area contributed by atoms with Crippen molar-refractivity contribution in [3.63, 3.8) is 0 Å². The zero-order valence-electron chi connectivity index (χ0n) is 15.2. The lowest BCUT2D eigenvalue weighted by atomic mass is 10.2. The third kappa shape index (κ3) is 4.99. The lowest BCUT2D eigenvalue weighted by molar-refractivity contribution is -0.116. The van der Waals surface area contributed by atoms with Crippen LogP contribution in [-0.2, 0) is 14.8 Å². The Bertz CT molecular complexity index is 890. The van der Waals surface area contributed by atoms with Crippen molar-refractivity contribution in [1.29, 1.82) is 0 Å². The van der Waals surface area contributed by atoms with Gasteiger partial charge in [-0.25, -0.2) is 13.6 Å². The number of hydrogen-bond donors (Lipinski definition) is 3. The van der Waals surface area contributed by atoms with Gasteiger partial charge in [-0.1, -0.05) is 0 Å². The summed E-state index contributed by atoms with van der Waals surface area (Å²) in [5.74, 6) is -0.220. The quantitative estimate of drug-likeness (QED) is 0.705. The zero-order chi connectivity index (χ0) is 19.4. The van der Waals surface area contributed by atoms with Gasteiger partial charge in [0.2, 0.25) is 15.9 Å². The van der Waals surface area contributed by atoms with Gasteiger partial charge in [-0.3, -0.25) is 4.79 Å². The average Bonchev–Trinajstić information content (AvgIpc) is 3.16. The summed E-state index contributed by atoms with van der Waals surface area (Å²) in [6.07, 6.45) is 2.46. The van der Waals surface area contributed by atoms with Gasteiger partial charge in [-0.05, 0) is 68.3 Å². The molecule has 1 aliphatic rings. The highest BCUT2D eigenvalue weighted by molar-refractivity contribution is 7.89. The molecule has 1 atom stereocenters. The predicted molar refractivity (Wildman–Crippen MR) is 107 cm³/mol. The van der Waals surface area contributed by atoms with Crippen LogP contribution in [0, 0.1) is 0 Å². The Labute approximate surface area is 159 Å². The first-order valence-electron chi connectivity index (χ1n) is 8.88. The van der Waals surface area contributed by atoms with E-state index >= 15 is 0 Å². The molecule has 0 bridgehead atoms. The van der Waals surface area contributed by atoms with Gasteiger partial charge in [0.15, 0.2) is 0 Å². The summed E-state index contributed by atoms with van der Waals surface area (Å²) in [5.41, 5.74) is 2.57. The second kappa shape index (κ2) is 7.98. The van der Waals surface area contributed by atoms with Crippen molar-refractivity contribution >= 4 is 33.0 Å². The number of carbonyl (C=O) groups excluding carboxylic acids is 1. The minimum absolute atomic E-state index is 0.00441. The number of rotatable bonds is 6. The first-order chi connectivity index (χ1) is 12.8. The smallest absolute Gasteiger partial charge is 0.246 e. The minimum atomic E-state index is -3.74. The number of amides is 1. The summed E-state index contributed by atoms with van der Waals surface area (Å²) in [6.45, 7) is 3.95. The summed E-state index contributed by atoms with van der Waals surface area (Å²) in [4.78, 5) is 14.7. The number of nitrogens with two attached hydrogens (primary N) is 1. The van der Waals surface area contributed by atoms with Crippen LogP contribution in [0.5, 0.6) is 0 Å². The van der Waals surface area contributed by atoms with Gasteiger partial charge >= 0.3 is 0 Å². The molecular formula is C19H24N4O3S. The third-order valence-corrected chi connectivity index (χ3v) is 5.49. The Kier molecular flexibility index (Phi) is 5.67. The fraction of sp³-hybridized carbons (Fsp3) is 0.316. The van der Waals surface area contributed by atoms with Crippen molar-refractivity contribution in [2.45, 2.75) is 30.7 Å². The van der Waals surface area contributed by atoms with Gasteiger partial charge in [-0.15, -0.1) is 0 Å². The SMILES string of the molecule is C[C@H](Nc1ccc(N2CCCC2)cc1)C(=O)Nc1ccc(S(N)(=O)=O)cc1. The molecule has 2 aromatic rings. The van der Waals surface area contributed by atoms with Crippen LogP contribution < -0.4 is 20.7 Å². The predicted octanol–water partition coefficient (Wildman–Crippen LogP) is 2.37. The monoisotopic (exact) mass is 388 g/mol. The van der Waals surface area contributed by atoms with Gasteiger partial charge in [0.1, 0.15) is 6.04 Å². The fourth-order valence-corrected chi connectivity index (χ4v) is 3.55. The highest BCUT2D eigenvalue weighted by Crippen LogP contribution is 2.22. The number of benzene rings is 2. The highest BCUT2D eigenvalue weighted by Gasteiger charge is 2.15. The molecule has 1 amide bonds. The Morgan fingerprint density at radius 3 is 2.11 bits per heavy atom. The van der Waals surface area contributed by atoms with Crippen LogP contribution in [0.15, 0.2) is 53.4 Å². The second-order valence-corrected chi connectivity index (χ2v) is 8.23. The van der Waals surface area contributed by atoms with Crippen LogP contribution in [0.3, 0.4) is 0 Å². The van der Waals surface area contributed by atoms with Crippen molar-refractivity contribution in [3.05, 3.63) is 48.5 Å². The van der Waals surface area contributed by atoms with Gasteiger partial charge in [-0.2, -0.15) is 0 Å². The van der Waals surface area contributed by atoms with Crippen molar-refractivity contribution in [2.75, 3.05) is 28.6 Å². The molecule has 1 saturated heterocycles. The molecule has 27 heavy (non-hydrogen) atoms. The molecule has 1 heterocycles. The van der Waals surface area contributed by atoms with E-state index in [0.29, 0.717) is 5.69 Å². The number of carbonyl (C=O) groups is 1. The maximum atomic E-state index is 12.3. The largest absolute Gasteiger partial charge is 0.374 e.